The molecular formula is C13H22Cl6. The van der Waals surface area contributed by atoms with Gasteiger partial charge < -0.3 is 0 Å². The molecule has 6 atom stereocenters. The van der Waals surface area contributed by atoms with Crippen molar-refractivity contribution < 1.29 is 0 Å². The first-order valence-electron chi connectivity index (χ1n) is 6.67. The van der Waals surface area contributed by atoms with E-state index in [4.69, 9.17) is 69.6 Å². The van der Waals surface area contributed by atoms with Crippen molar-refractivity contribution in [3.63, 3.8) is 0 Å². The van der Waals surface area contributed by atoms with Crippen molar-refractivity contribution >= 4 is 69.6 Å². The summed E-state index contributed by atoms with van der Waals surface area (Å²) in [6.07, 6.45) is 5.47. The van der Waals surface area contributed by atoms with Crippen LogP contribution in [-0.4, -0.2) is 32.3 Å². The molecule has 0 aliphatic rings. The van der Waals surface area contributed by atoms with Crippen LogP contribution in [0, 0.1) is 0 Å². The predicted octanol–water partition coefficient (Wildman–Crippen LogP) is 6.62. The number of unbranched alkanes of at least 4 members (excludes halogenated alkanes) is 3. The molecule has 116 valence electrons. The van der Waals surface area contributed by atoms with E-state index in [-0.39, 0.29) is 10.8 Å². The van der Waals surface area contributed by atoms with Crippen LogP contribution >= 0.6 is 69.6 Å². The third-order valence-corrected chi connectivity index (χ3v) is 6.75. The van der Waals surface area contributed by atoms with Gasteiger partial charge in [-0.3, -0.25) is 0 Å². The fraction of sp³-hybridized carbons (Fsp3) is 1.00. The highest BCUT2D eigenvalue weighted by molar-refractivity contribution is 6.41. The molecule has 0 aromatic carbocycles. The Labute approximate surface area is 147 Å². The summed E-state index contributed by atoms with van der Waals surface area (Å²) in [7, 11) is 0. The van der Waals surface area contributed by atoms with Gasteiger partial charge in [0, 0.05) is 5.38 Å². The van der Waals surface area contributed by atoms with E-state index in [1.165, 1.54) is 12.8 Å². The Bertz CT molecular complexity index is 223. The second-order valence-corrected chi connectivity index (χ2v) is 8.09. The average molecular weight is 391 g/mol. The highest BCUT2D eigenvalue weighted by Gasteiger charge is 2.35. The first-order chi connectivity index (χ1) is 8.82. The van der Waals surface area contributed by atoms with Gasteiger partial charge >= 0.3 is 0 Å². The minimum Gasteiger partial charge on any atom is -0.122 e. The standard InChI is InChI=1S/C13H22Cl6/c1-3-4-5-6-7-9(15)11(17)13(19)12(18)10(16)8(2)14/h8-13H,3-7H2,1-2H3. The maximum atomic E-state index is 6.29. The zero-order valence-electron chi connectivity index (χ0n) is 11.3. The highest BCUT2D eigenvalue weighted by atomic mass is 35.5. The number of alkyl halides is 6. The zero-order valence-corrected chi connectivity index (χ0v) is 15.8. The molecule has 0 radical (unpaired) electrons. The Kier molecular flexibility index (Phi) is 12.4. The molecule has 0 bridgehead atoms. The Morgan fingerprint density at radius 2 is 1.21 bits per heavy atom. The number of rotatable bonds is 10. The predicted molar refractivity (Wildman–Crippen MR) is 92.3 cm³/mol. The van der Waals surface area contributed by atoms with Gasteiger partial charge in [0.05, 0.1) is 26.9 Å². The van der Waals surface area contributed by atoms with Crippen LogP contribution in [0.2, 0.25) is 0 Å². The lowest BCUT2D eigenvalue weighted by atomic mass is 10.0. The summed E-state index contributed by atoms with van der Waals surface area (Å²) in [4.78, 5) is 0. The van der Waals surface area contributed by atoms with Crippen LogP contribution in [0.5, 0.6) is 0 Å². The molecule has 19 heavy (non-hydrogen) atoms. The molecule has 0 saturated heterocycles. The molecule has 0 saturated carbocycles. The molecule has 0 nitrogen and oxygen atoms in total. The molecule has 6 unspecified atom stereocenters. The lowest BCUT2D eigenvalue weighted by Gasteiger charge is -2.28. The van der Waals surface area contributed by atoms with Crippen LogP contribution in [0.15, 0.2) is 0 Å². The summed E-state index contributed by atoms with van der Waals surface area (Å²) in [5.74, 6) is 0. The van der Waals surface area contributed by atoms with Crippen LogP contribution < -0.4 is 0 Å². The van der Waals surface area contributed by atoms with E-state index in [0.717, 1.165) is 19.3 Å². The van der Waals surface area contributed by atoms with Gasteiger partial charge in [0.2, 0.25) is 0 Å². The van der Waals surface area contributed by atoms with E-state index in [0.29, 0.717) is 0 Å². The molecule has 0 spiro atoms. The molecular weight excluding hydrogens is 369 g/mol. The van der Waals surface area contributed by atoms with Gasteiger partial charge in [0.15, 0.2) is 0 Å². The Morgan fingerprint density at radius 1 is 0.684 bits per heavy atom. The normalized spacial score (nSPS) is 21.5. The fourth-order valence-electron chi connectivity index (χ4n) is 1.73. The SMILES string of the molecule is CCCCCCC(Cl)C(Cl)C(Cl)C(Cl)C(Cl)C(C)Cl. The summed E-state index contributed by atoms with van der Waals surface area (Å²) in [5, 5.41) is -2.32. The molecule has 0 aliphatic heterocycles. The Hall–Kier alpha value is 1.74. The second-order valence-electron chi connectivity index (χ2n) is 4.82. The molecule has 0 aromatic heterocycles. The van der Waals surface area contributed by atoms with Crippen molar-refractivity contribution in [1.29, 1.82) is 0 Å². The minimum absolute atomic E-state index is 0.197. The minimum atomic E-state index is -0.504. The lowest BCUT2D eigenvalue weighted by Crippen LogP contribution is -2.39. The molecule has 0 aliphatic carbocycles. The quantitative estimate of drug-likeness (QED) is 0.290. The van der Waals surface area contributed by atoms with Crippen LogP contribution in [0.4, 0.5) is 0 Å². The monoisotopic (exact) mass is 388 g/mol. The zero-order chi connectivity index (χ0) is 15.0. The Balaban J connectivity index is 4.18. The number of hydrogen-bond acceptors (Lipinski definition) is 0. The van der Waals surface area contributed by atoms with Crippen LogP contribution in [0.3, 0.4) is 0 Å². The molecule has 0 amide bonds. The van der Waals surface area contributed by atoms with E-state index >= 15 is 0 Å². The first-order valence-corrected chi connectivity index (χ1v) is 9.29. The highest BCUT2D eigenvalue weighted by Crippen LogP contribution is 2.32. The summed E-state index contributed by atoms with van der Waals surface area (Å²) in [6, 6.07) is 0. The Morgan fingerprint density at radius 3 is 1.68 bits per heavy atom. The van der Waals surface area contributed by atoms with Gasteiger partial charge in [-0.1, -0.05) is 32.6 Å². The van der Waals surface area contributed by atoms with Gasteiger partial charge in [-0.05, 0) is 13.3 Å². The first kappa shape index (κ1) is 20.7. The molecule has 6 heteroatoms. The summed E-state index contributed by atoms with van der Waals surface area (Å²) in [6.45, 7) is 3.95. The van der Waals surface area contributed by atoms with Gasteiger partial charge in [0.1, 0.15) is 0 Å². The van der Waals surface area contributed by atoms with E-state index in [9.17, 15) is 0 Å². The maximum absolute atomic E-state index is 6.29. The third kappa shape index (κ3) is 8.07. The van der Waals surface area contributed by atoms with Crippen molar-refractivity contribution in [2.75, 3.05) is 0 Å². The van der Waals surface area contributed by atoms with Crippen LogP contribution in [0.25, 0.3) is 0 Å². The third-order valence-electron chi connectivity index (χ3n) is 3.03. The lowest BCUT2D eigenvalue weighted by molar-refractivity contribution is 0.574. The molecule has 0 fully saturated rings. The molecule has 0 aromatic rings. The van der Waals surface area contributed by atoms with E-state index in [1.807, 2.05) is 0 Å². The summed E-state index contributed by atoms with van der Waals surface area (Å²) >= 11 is 37.1. The van der Waals surface area contributed by atoms with Gasteiger partial charge in [-0.25, -0.2) is 0 Å². The topological polar surface area (TPSA) is 0 Å². The summed E-state index contributed by atoms with van der Waals surface area (Å²) < 4.78 is 0. The van der Waals surface area contributed by atoms with Crippen LogP contribution in [0.1, 0.15) is 46.0 Å². The van der Waals surface area contributed by atoms with Gasteiger partial charge in [-0.2, -0.15) is 0 Å². The largest absolute Gasteiger partial charge is 0.122 e. The van der Waals surface area contributed by atoms with Crippen molar-refractivity contribution in [3.05, 3.63) is 0 Å². The van der Waals surface area contributed by atoms with Crippen molar-refractivity contribution in [2.24, 2.45) is 0 Å². The summed E-state index contributed by atoms with van der Waals surface area (Å²) in [5.41, 5.74) is 0. The molecule has 0 N–H and O–H groups in total. The second kappa shape index (κ2) is 11.3. The van der Waals surface area contributed by atoms with Crippen LogP contribution in [-0.2, 0) is 0 Å². The van der Waals surface area contributed by atoms with Crippen molar-refractivity contribution in [1.82, 2.24) is 0 Å². The van der Waals surface area contributed by atoms with E-state index < -0.39 is 21.5 Å². The number of hydrogen-bond donors (Lipinski definition) is 0. The maximum Gasteiger partial charge on any atom is 0.0692 e. The number of halogens is 6. The van der Waals surface area contributed by atoms with E-state index in [1.54, 1.807) is 6.92 Å². The van der Waals surface area contributed by atoms with Crippen molar-refractivity contribution in [2.45, 2.75) is 78.2 Å². The smallest absolute Gasteiger partial charge is 0.0692 e. The van der Waals surface area contributed by atoms with Gasteiger partial charge in [-0.15, -0.1) is 69.6 Å². The van der Waals surface area contributed by atoms with Crippen molar-refractivity contribution in [3.8, 4) is 0 Å². The van der Waals surface area contributed by atoms with Gasteiger partial charge in [0.25, 0.3) is 0 Å². The molecule has 0 heterocycles. The average Bonchev–Trinajstić information content (AvgIpc) is 2.39. The van der Waals surface area contributed by atoms with E-state index in [2.05, 4.69) is 6.92 Å². The molecule has 0 rings (SSSR count). The fourth-order valence-corrected chi connectivity index (χ4v) is 3.64.